The molecule has 0 bridgehead atoms. The lowest BCUT2D eigenvalue weighted by atomic mass is 9.92. The molecule has 2 aromatic rings. The molecule has 4 rings (SSSR count). The summed E-state index contributed by atoms with van der Waals surface area (Å²) in [6.07, 6.45) is 8.10. The molecule has 0 radical (unpaired) electrons. The number of carbonyl (C=O) groups excluding carboxylic acids is 1. The Balaban J connectivity index is 1.53. The molecule has 4 heteroatoms. The molecule has 1 heterocycles. The van der Waals surface area contributed by atoms with Gasteiger partial charge in [-0.2, -0.15) is 0 Å². The SMILES string of the molecule is COCC1C[C@H](OC2CCCCC2)CN1Cc1ccc(C(C)=O)c(-c2ccccc2C)c1. The van der Waals surface area contributed by atoms with Gasteiger partial charge < -0.3 is 9.47 Å². The molecule has 2 aromatic carbocycles. The van der Waals surface area contributed by atoms with Crippen LogP contribution >= 0.6 is 0 Å². The van der Waals surface area contributed by atoms with Crippen molar-refractivity contribution in [2.45, 2.75) is 77.2 Å². The number of rotatable bonds is 8. The summed E-state index contributed by atoms with van der Waals surface area (Å²) in [6, 6.07) is 15.0. The van der Waals surface area contributed by atoms with Crippen molar-refractivity contribution in [2.24, 2.45) is 0 Å². The lowest BCUT2D eigenvalue weighted by Crippen LogP contribution is -2.33. The van der Waals surface area contributed by atoms with Crippen molar-refractivity contribution < 1.29 is 14.3 Å². The number of aryl methyl sites for hydroxylation is 1. The van der Waals surface area contributed by atoms with Crippen molar-refractivity contribution in [2.75, 3.05) is 20.3 Å². The summed E-state index contributed by atoms with van der Waals surface area (Å²) in [4.78, 5) is 14.8. The third-order valence-corrected chi connectivity index (χ3v) is 7.07. The van der Waals surface area contributed by atoms with Gasteiger partial charge in [-0.05, 0) is 61.4 Å². The minimum Gasteiger partial charge on any atom is -0.383 e. The van der Waals surface area contributed by atoms with Gasteiger partial charge in [-0.3, -0.25) is 9.69 Å². The third-order valence-electron chi connectivity index (χ3n) is 7.07. The molecule has 0 spiro atoms. The van der Waals surface area contributed by atoms with Crippen LogP contribution in [0.5, 0.6) is 0 Å². The fraction of sp³-hybridized carbons (Fsp3) is 0.536. The maximum atomic E-state index is 12.3. The van der Waals surface area contributed by atoms with E-state index in [1.165, 1.54) is 43.2 Å². The summed E-state index contributed by atoms with van der Waals surface area (Å²) < 4.78 is 12.1. The lowest BCUT2D eigenvalue weighted by molar-refractivity contribution is -0.0246. The number of nitrogens with zero attached hydrogens (tertiary/aromatic N) is 1. The van der Waals surface area contributed by atoms with Crippen molar-refractivity contribution in [1.29, 1.82) is 0 Å². The van der Waals surface area contributed by atoms with Crippen molar-refractivity contribution in [3.8, 4) is 11.1 Å². The number of carbonyl (C=O) groups is 1. The van der Waals surface area contributed by atoms with Gasteiger partial charge in [0.25, 0.3) is 0 Å². The molecule has 1 saturated carbocycles. The summed E-state index contributed by atoms with van der Waals surface area (Å²) in [7, 11) is 1.78. The molecule has 0 amide bonds. The molecule has 1 aliphatic carbocycles. The van der Waals surface area contributed by atoms with E-state index in [9.17, 15) is 4.79 Å². The molecule has 172 valence electrons. The second-order valence-corrected chi connectivity index (χ2v) is 9.54. The van der Waals surface area contributed by atoms with Gasteiger partial charge >= 0.3 is 0 Å². The second-order valence-electron chi connectivity index (χ2n) is 9.54. The first-order valence-electron chi connectivity index (χ1n) is 12.1. The van der Waals surface area contributed by atoms with Crippen molar-refractivity contribution >= 4 is 5.78 Å². The first-order chi connectivity index (χ1) is 15.5. The third kappa shape index (κ3) is 5.48. The summed E-state index contributed by atoms with van der Waals surface area (Å²) in [6.45, 7) is 6.27. The molecule has 4 nitrogen and oxygen atoms in total. The van der Waals surface area contributed by atoms with Crippen LogP contribution in [0.25, 0.3) is 11.1 Å². The molecule has 2 aliphatic rings. The number of benzene rings is 2. The number of methoxy groups -OCH3 is 1. The minimum absolute atomic E-state index is 0.106. The molecule has 32 heavy (non-hydrogen) atoms. The number of hydrogen-bond donors (Lipinski definition) is 0. The Morgan fingerprint density at radius 2 is 1.81 bits per heavy atom. The molecule has 2 fully saturated rings. The van der Waals surface area contributed by atoms with Crippen LogP contribution in [0.4, 0.5) is 0 Å². The maximum Gasteiger partial charge on any atom is 0.160 e. The van der Waals surface area contributed by atoms with E-state index in [1.807, 2.05) is 18.2 Å². The Kier molecular flexibility index (Phi) is 7.77. The Morgan fingerprint density at radius 3 is 2.53 bits per heavy atom. The molecule has 1 aliphatic heterocycles. The monoisotopic (exact) mass is 435 g/mol. The van der Waals surface area contributed by atoms with Crippen molar-refractivity contribution in [3.63, 3.8) is 0 Å². The predicted octanol–water partition coefficient (Wildman–Crippen LogP) is 5.80. The zero-order valence-corrected chi connectivity index (χ0v) is 19.8. The van der Waals surface area contributed by atoms with Crippen LogP contribution in [0.1, 0.15) is 66.9 Å². The summed E-state index contributed by atoms with van der Waals surface area (Å²) in [5, 5.41) is 0. The molecule has 0 N–H and O–H groups in total. The van der Waals surface area contributed by atoms with Crippen LogP contribution in [0.2, 0.25) is 0 Å². The molecule has 1 unspecified atom stereocenters. The Morgan fingerprint density at radius 1 is 1.03 bits per heavy atom. The van der Waals surface area contributed by atoms with Crippen LogP contribution in [-0.4, -0.2) is 49.2 Å². The highest BCUT2D eigenvalue weighted by molar-refractivity contribution is 6.01. The number of ketones is 1. The first-order valence-corrected chi connectivity index (χ1v) is 12.1. The van der Waals surface area contributed by atoms with Gasteiger partial charge in [-0.1, -0.05) is 55.7 Å². The van der Waals surface area contributed by atoms with Gasteiger partial charge in [0.1, 0.15) is 0 Å². The highest BCUT2D eigenvalue weighted by Crippen LogP contribution is 2.31. The fourth-order valence-corrected chi connectivity index (χ4v) is 5.40. The maximum absolute atomic E-state index is 12.3. The first kappa shape index (κ1) is 23.2. The van der Waals surface area contributed by atoms with E-state index in [2.05, 4.69) is 36.1 Å². The average Bonchev–Trinajstić information content (AvgIpc) is 3.15. The van der Waals surface area contributed by atoms with E-state index in [0.29, 0.717) is 12.1 Å². The molecular formula is C28H37NO3. The summed E-state index contributed by atoms with van der Waals surface area (Å²) in [5.74, 6) is 0.106. The van der Waals surface area contributed by atoms with Crippen LogP contribution in [-0.2, 0) is 16.0 Å². The van der Waals surface area contributed by atoms with Crippen LogP contribution < -0.4 is 0 Å². The van der Waals surface area contributed by atoms with Crippen molar-refractivity contribution in [1.82, 2.24) is 4.90 Å². The molecule has 1 saturated heterocycles. The van der Waals surface area contributed by atoms with Gasteiger partial charge in [-0.15, -0.1) is 0 Å². The zero-order valence-electron chi connectivity index (χ0n) is 19.8. The van der Waals surface area contributed by atoms with Crippen LogP contribution in [0, 0.1) is 6.92 Å². The Labute approximate surface area is 192 Å². The normalized spacial score (nSPS) is 22.3. The minimum atomic E-state index is 0.106. The lowest BCUT2D eigenvalue weighted by Gasteiger charge is -2.26. The highest BCUT2D eigenvalue weighted by atomic mass is 16.5. The fourth-order valence-electron chi connectivity index (χ4n) is 5.40. The van der Waals surface area contributed by atoms with E-state index >= 15 is 0 Å². The van der Waals surface area contributed by atoms with E-state index in [4.69, 9.17) is 9.47 Å². The number of hydrogen-bond acceptors (Lipinski definition) is 4. The number of ether oxygens (including phenoxy) is 2. The van der Waals surface area contributed by atoms with Gasteiger partial charge in [0, 0.05) is 31.8 Å². The van der Waals surface area contributed by atoms with E-state index in [-0.39, 0.29) is 11.9 Å². The van der Waals surface area contributed by atoms with E-state index in [0.717, 1.165) is 42.8 Å². The summed E-state index contributed by atoms with van der Waals surface area (Å²) in [5.41, 5.74) is 5.37. The Bertz CT molecular complexity index is 919. The zero-order chi connectivity index (χ0) is 22.5. The van der Waals surface area contributed by atoms with Gasteiger partial charge in [0.15, 0.2) is 5.78 Å². The van der Waals surface area contributed by atoms with Gasteiger partial charge in [0.05, 0.1) is 18.8 Å². The highest BCUT2D eigenvalue weighted by Gasteiger charge is 2.34. The number of Topliss-reactive ketones (excluding diaryl/α,β-unsaturated/α-hetero) is 1. The second kappa shape index (κ2) is 10.7. The Hall–Kier alpha value is -2.01. The van der Waals surface area contributed by atoms with Crippen molar-refractivity contribution in [3.05, 3.63) is 59.2 Å². The van der Waals surface area contributed by atoms with Gasteiger partial charge in [-0.25, -0.2) is 0 Å². The van der Waals surface area contributed by atoms with Gasteiger partial charge in [0.2, 0.25) is 0 Å². The predicted molar refractivity (Wildman–Crippen MR) is 129 cm³/mol. The molecule has 2 atom stereocenters. The average molecular weight is 436 g/mol. The summed E-state index contributed by atoms with van der Waals surface area (Å²) >= 11 is 0. The number of likely N-dealkylation sites (tertiary alicyclic amines) is 1. The topological polar surface area (TPSA) is 38.8 Å². The quantitative estimate of drug-likeness (QED) is 0.491. The standard InChI is InChI=1S/C28H37NO3/c1-20-9-7-8-12-26(20)28-15-22(13-14-27(28)21(2)30)17-29-18-25(16-23(29)19-31-3)32-24-10-5-4-6-11-24/h7-9,12-15,23-25H,4-6,10-11,16-19H2,1-3H3/t23?,25-/m0/s1. The molecular weight excluding hydrogens is 398 g/mol. The van der Waals surface area contributed by atoms with Crippen LogP contribution in [0.15, 0.2) is 42.5 Å². The molecule has 0 aromatic heterocycles. The van der Waals surface area contributed by atoms with Crippen LogP contribution in [0.3, 0.4) is 0 Å². The van der Waals surface area contributed by atoms with E-state index < -0.39 is 0 Å². The van der Waals surface area contributed by atoms with E-state index in [1.54, 1.807) is 14.0 Å². The largest absolute Gasteiger partial charge is 0.383 e. The smallest absolute Gasteiger partial charge is 0.160 e.